The highest BCUT2D eigenvalue weighted by Crippen LogP contribution is 2.15. The van der Waals surface area contributed by atoms with E-state index in [1.54, 1.807) is 0 Å². The zero-order chi connectivity index (χ0) is 25.2. The molecule has 1 aromatic carbocycles. The highest BCUT2D eigenvalue weighted by Gasteiger charge is 2.32. The molecule has 1 aromatic rings. The van der Waals surface area contributed by atoms with Crippen molar-refractivity contribution in [2.75, 3.05) is 85.1 Å². The summed E-state index contributed by atoms with van der Waals surface area (Å²) in [6.45, 7) is 13.5. The lowest BCUT2D eigenvalue weighted by Crippen LogP contribution is -2.49. The minimum Gasteiger partial charge on any atom is -0.481 e. The normalized spacial score (nSPS) is 22.7. The van der Waals surface area contributed by atoms with Gasteiger partial charge >= 0.3 is 12.1 Å². The van der Waals surface area contributed by atoms with Crippen molar-refractivity contribution in [2.45, 2.75) is 38.3 Å². The summed E-state index contributed by atoms with van der Waals surface area (Å²) in [6, 6.07) is 10.7. The number of cyclic esters (lactones) is 1. The van der Waals surface area contributed by atoms with Gasteiger partial charge in [-0.15, -0.1) is 0 Å². The molecule has 0 saturated carbocycles. The van der Waals surface area contributed by atoms with Crippen molar-refractivity contribution in [2.24, 2.45) is 0 Å². The van der Waals surface area contributed by atoms with E-state index in [0.717, 1.165) is 97.9 Å². The van der Waals surface area contributed by atoms with E-state index in [2.05, 4.69) is 49.9 Å². The molecule has 0 radical (unpaired) electrons. The average molecular weight is 502 g/mol. The molecule has 4 rings (SSSR count). The lowest BCUT2D eigenvalue weighted by Gasteiger charge is -2.35. The van der Waals surface area contributed by atoms with Crippen LogP contribution >= 0.6 is 0 Å². The number of carbonyl (C=O) groups excluding carboxylic acids is 1. The van der Waals surface area contributed by atoms with Crippen LogP contribution in [0.15, 0.2) is 30.3 Å². The molecule has 0 bridgehead atoms. The van der Waals surface area contributed by atoms with Gasteiger partial charge in [-0.2, -0.15) is 0 Å². The van der Waals surface area contributed by atoms with Crippen molar-refractivity contribution in [1.82, 2.24) is 24.5 Å². The number of rotatable bonds is 13. The largest absolute Gasteiger partial charge is 0.481 e. The number of carbonyl (C=O) groups is 2. The Morgan fingerprint density at radius 1 is 0.806 bits per heavy atom. The maximum absolute atomic E-state index is 12.3. The monoisotopic (exact) mass is 501 g/mol. The minimum atomic E-state index is -0.724. The molecular weight excluding hydrogens is 458 g/mol. The molecule has 3 saturated heterocycles. The smallest absolute Gasteiger partial charge is 0.410 e. The summed E-state index contributed by atoms with van der Waals surface area (Å²) < 4.78 is 5.65. The van der Waals surface area contributed by atoms with Gasteiger partial charge in [-0.3, -0.25) is 14.6 Å². The van der Waals surface area contributed by atoms with Crippen LogP contribution in [0.2, 0.25) is 0 Å². The second-order valence-electron chi connectivity index (χ2n) is 10.4. The summed E-state index contributed by atoms with van der Waals surface area (Å²) in [5, 5.41) is 8.79. The van der Waals surface area contributed by atoms with E-state index in [9.17, 15) is 9.59 Å². The number of benzene rings is 1. The third kappa shape index (κ3) is 8.73. The van der Waals surface area contributed by atoms with Crippen molar-refractivity contribution in [3.63, 3.8) is 0 Å². The fraction of sp³-hybridized carbons (Fsp3) is 0.704. The zero-order valence-electron chi connectivity index (χ0n) is 21.6. The van der Waals surface area contributed by atoms with Crippen LogP contribution in [0.5, 0.6) is 0 Å². The maximum atomic E-state index is 12.3. The number of aliphatic carboxylic acids is 1. The van der Waals surface area contributed by atoms with E-state index in [4.69, 9.17) is 9.84 Å². The predicted molar refractivity (Wildman–Crippen MR) is 139 cm³/mol. The number of nitrogens with zero attached hydrogens (tertiary/aromatic N) is 5. The van der Waals surface area contributed by atoms with Crippen LogP contribution in [-0.2, 0) is 16.1 Å². The first-order chi connectivity index (χ1) is 17.5. The van der Waals surface area contributed by atoms with Crippen LogP contribution in [0.25, 0.3) is 0 Å². The first-order valence-electron chi connectivity index (χ1n) is 13.7. The second kappa shape index (κ2) is 13.9. The van der Waals surface area contributed by atoms with E-state index in [-0.39, 0.29) is 18.6 Å². The Kier molecular flexibility index (Phi) is 10.4. The van der Waals surface area contributed by atoms with E-state index < -0.39 is 5.97 Å². The number of carboxylic acid groups (broad SMARTS) is 1. The standard InChI is InChI=1S/C27H43N5O4/c33-26(34)9-6-11-29-15-19-31(20-16-29)22-25-23-32(27(35)36-25)12-5-4-10-28-13-17-30(18-14-28)21-24-7-2-1-3-8-24/h1-3,7-8,25H,4-6,9-23H2,(H,33,34). The maximum Gasteiger partial charge on any atom is 0.410 e. The molecule has 0 aromatic heterocycles. The Balaban J connectivity index is 1.04. The topological polar surface area (TPSA) is 79.8 Å². The molecule has 36 heavy (non-hydrogen) atoms. The molecule has 1 unspecified atom stereocenters. The van der Waals surface area contributed by atoms with Gasteiger partial charge in [0.15, 0.2) is 0 Å². The molecule has 1 atom stereocenters. The first kappa shape index (κ1) is 26.9. The summed E-state index contributed by atoms with van der Waals surface area (Å²) in [5.41, 5.74) is 1.39. The summed E-state index contributed by atoms with van der Waals surface area (Å²) in [6.07, 6.45) is 2.85. The van der Waals surface area contributed by atoms with Crippen LogP contribution in [-0.4, -0.2) is 133 Å². The molecule has 3 aliphatic rings. The molecule has 0 spiro atoms. The summed E-state index contributed by atoms with van der Waals surface area (Å²) in [4.78, 5) is 34.7. The average Bonchev–Trinajstić information content (AvgIpc) is 3.23. The van der Waals surface area contributed by atoms with Crippen molar-refractivity contribution < 1.29 is 19.4 Å². The molecule has 3 fully saturated rings. The summed E-state index contributed by atoms with van der Waals surface area (Å²) in [5.74, 6) is -0.724. The van der Waals surface area contributed by atoms with E-state index >= 15 is 0 Å². The van der Waals surface area contributed by atoms with Crippen LogP contribution in [0.4, 0.5) is 4.79 Å². The molecule has 9 heteroatoms. The summed E-state index contributed by atoms with van der Waals surface area (Å²) >= 11 is 0. The van der Waals surface area contributed by atoms with E-state index in [1.165, 1.54) is 5.56 Å². The molecule has 3 heterocycles. The Morgan fingerprint density at radius 3 is 2.06 bits per heavy atom. The van der Waals surface area contributed by atoms with Gasteiger partial charge in [-0.1, -0.05) is 30.3 Å². The Hall–Kier alpha value is -2.20. The fourth-order valence-corrected chi connectivity index (χ4v) is 5.44. The lowest BCUT2D eigenvalue weighted by atomic mass is 10.2. The van der Waals surface area contributed by atoms with Crippen LogP contribution in [0, 0.1) is 0 Å². The molecular formula is C27H43N5O4. The Morgan fingerprint density at radius 2 is 1.39 bits per heavy atom. The van der Waals surface area contributed by atoms with Gasteiger partial charge in [-0.25, -0.2) is 4.79 Å². The van der Waals surface area contributed by atoms with Crippen molar-refractivity contribution in [3.8, 4) is 0 Å². The Bertz CT molecular complexity index is 810. The first-order valence-corrected chi connectivity index (χ1v) is 13.7. The van der Waals surface area contributed by atoms with Gasteiger partial charge in [0.2, 0.25) is 0 Å². The molecule has 1 amide bonds. The van der Waals surface area contributed by atoms with Crippen molar-refractivity contribution >= 4 is 12.1 Å². The quantitative estimate of drug-likeness (QED) is 0.411. The van der Waals surface area contributed by atoms with Crippen LogP contribution < -0.4 is 0 Å². The van der Waals surface area contributed by atoms with Gasteiger partial charge in [-0.05, 0) is 37.9 Å². The number of unbranched alkanes of at least 4 members (excludes halogenated alkanes) is 1. The number of carboxylic acids is 1. The number of ether oxygens (including phenoxy) is 1. The molecule has 3 aliphatic heterocycles. The van der Waals surface area contributed by atoms with Crippen LogP contribution in [0.3, 0.4) is 0 Å². The predicted octanol–water partition coefficient (Wildman–Crippen LogP) is 1.89. The van der Waals surface area contributed by atoms with E-state index in [0.29, 0.717) is 13.0 Å². The SMILES string of the molecule is O=C(O)CCCN1CCN(CC2CN(CCCCN3CCN(Cc4ccccc4)CC3)C(=O)O2)CC1. The molecule has 200 valence electrons. The summed E-state index contributed by atoms with van der Waals surface area (Å²) in [7, 11) is 0. The van der Waals surface area contributed by atoms with Gasteiger partial charge < -0.3 is 24.5 Å². The van der Waals surface area contributed by atoms with Gasteiger partial charge in [0.25, 0.3) is 0 Å². The highest BCUT2D eigenvalue weighted by atomic mass is 16.6. The van der Waals surface area contributed by atoms with Crippen LogP contribution in [0.1, 0.15) is 31.2 Å². The minimum absolute atomic E-state index is 0.0475. The van der Waals surface area contributed by atoms with Gasteiger partial charge in [0.1, 0.15) is 6.10 Å². The Labute approximate surface area is 215 Å². The number of hydrogen-bond acceptors (Lipinski definition) is 7. The lowest BCUT2D eigenvalue weighted by molar-refractivity contribution is -0.137. The van der Waals surface area contributed by atoms with Gasteiger partial charge in [0.05, 0.1) is 6.54 Å². The molecule has 9 nitrogen and oxygen atoms in total. The fourth-order valence-electron chi connectivity index (χ4n) is 5.44. The third-order valence-corrected chi connectivity index (χ3v) is 7.61. The highest BCUT2D eigenvalue weighted by molar-refractivity contribution is 5.69. The molecule has 1 N–H and O–H groups in total. The number of piperazine rings is 2. The van der Waals surface area contributed by atoms with E-state index in [1.807, 2.05) is 4.90 Å². The number of hydrogen-bond donors (Lipinski definition) is 1. The second-order valence-corrected chi connectivity index (χ2v) is 10.4. The number of amides is 1. The van der Waals surface area contributed by atoms with Crippen molar-refractivity contribution in [3.05, 3.63) is 35.9 Å². The van der Waals surface area contributed by atoms with Gasteiger partial charge in [0, 0.05) is 78.4 Å². The third-order valence-electron chi connectivity index (χ3n) is 7.61. The zero-order valence-corrected chi connectivity index (χ0v) is 21.6. The van der Waals surface area contributed by atoms with Crippen molar-refractivity contribution in [1.29, 1.82) is 0 Å². The molecule has 0 aliphatic carbocycles.